The summed E-state index contributed by atoms with van der Waals surface area (Å²) in [6.45, 7) is 22.1. The number of nitrogens with two attached hydrogens (primary N) is 1. The van der Waals surface area contributed by atoms with E-state index in [1.165, 1.54) is 96.2 Å². The number of halogens is 7. The number of nitrogens with one attached hydrogen (secondary N) is 5. The molecule has 2 aliphatic rings. The van der Waals surface area contributed by atoms with Gasteiger partial charge in [0.25, 0.3) is 11.8 Å². The fourth-order valence-corrected chi connectivity index (χ4v) is 10.1. The number of carbonyl (C=O) groups excluding carboxylic acids is 4. The van der Waals surface area contributed by atoms with Gasteiger partial charge in [0, 0.05) is 107 Å². The van der Waals surface area contributed by atoms with E-state index < -0.39 is 63.6 Å². The summed E-state index contributed by atoms with van der Waals surface area (Å²) < 4.78 is 76.7. The second kappa shape index (κ2) is 35.0. The van der Waals surface area contributed by atoms with Crippen molar-refractivity contribution in [2.24, 2.45) is 5.73 Å². The number of aromatic amines is 2. The summed E-state index contributed by atoms with van der Waals surface area (Å²) in [5.41, 5.74) is 10.4. The Morgan fingerprint density at radius 3 is 1.56 bits per heavy atom. The van der Waals surface area contributed by atoms with Crippen molar-refractivity contribution >= 4 is 87.1 Å². The summed E-state index contributed by atoms with van der Waals surface area (Å²) in [6.07, 6.45) is 8.36. The number of aromatic nitrogens is 6. The molecule has 27 heteroatoms. The topological polar surface area (TPSA) is 242 Å². The Bertz CT molecular complexity index is 3250. The summed E-state index contributed by atoms with van der Waals surface area (Å²) in [5, 5.41) is 20.5. The fraction of sp³-hybridized carbons (Fsp3) is 0.373. The molecule has 466 valence electrons. The number of anilines is 2. The van der Waals surface area contributed by atoms with Crippen molar-refractivity contribution in [3.05, 3.63) is 182 Å². The molecule has 0 saturated heterocycles. The quantitative estimate of drug-likeness (QED) is 0.0283. The number of carbonyl (C=O) groups is 4. The van der Waals surface area contributed by atoms with Crippen LogP contribution in [0.3, 0.4) is 0 Å². The molecule has 0 radical (unpaired) electrons. The first-order valence-corrected chi connectivity index (χ1v) is 35.7. The zero-order valence-corrected chi connectivity index (χ0v) is 53.6. The summed E-state index contributed by atoms with van der Waals surface area (Å²) in [6, 6.07) is 17.9. The zero-order chi connectivity index (χ0) is 62.3. The molecule has 9 rings (SSSR count). The Morgan fingerprint density at radius 1 is 0.651 bits per heavy atom. The van der Waals surface area contributed by atoms with Gasteiger partial charge < -0.3 is 40.6 Å². The molecule has 2 aliphatic carbocycles. The molecule has 0 spiro atoms. The monoisotopic (exact) mass is 1290 g/mol. The predicted octanol–water partition coefficient (Wildman–Crippen LogP) is 14.3. The van der Waals surface area contributed by atoms with Crippen LogP contribution in [0.5, 0.6) is 0 Å². The Morgan fingerprint density at radius 2 is 1.12 bits per heavy atom. The van der Waals surface area contributed by atoms with Gasteiger partial charge in [0.1, 0.15) is 42.8 Å². The first-order chi connectivity index (χ1) is 40.4. The Balaban J connectivity index is 0.000000251. The number of rotatable bonds is 17. The minimum absolute atomic E-state index is 0. The molecule has 2 atom stereocenters. The molecule has 3 aromatic heterocycles. The molecule has 0 unspecified atom stereocenters. The predicted molar refractivity (Wildman–Crippen MR) is 333 cm³/mol. The number of ether oxygens (including phenoxy) is 4. The normalized spacial score (nSPS) is 13.7. The van der Waals surface area contributed by atoms with E-state index in [0.29, 0.717) is 65.0 Å². The molecule has 0 aliphatic heterocycles. The largest absolute Gasteiger partial charge is 0.443 e. The lowest BCUT2D eigenvalue weighted by molar-refractivity contribution is 0.101. The molecule has 18 nitrogen and oxygen atoms in total. The molecule has 3 heterocycles. The van der Waals surface area contributed by atoms with Crippen molar-refractivity contribution in [1.82, 2.24) is 35.3 Å². The van der Waals surface area contributed by atoms with Gasteiger partial charge in [0.05, 0.1) is 27.5 Å². The van der Waals surface area contributed by atoms with Crippen LogP contribution in [0.2, 0.25) is 61.4 Å². The minimum Gasteiger partial charge on any atom is -0.443 e. The van der Waals surface area contributed by atoms with Gasteiger partial charge in [0.15, 0.2) is 0 Å². The number of amides is 3. The summed E-state index contributed by atoms with van der Waals surface area (Å²) in [4.78, 5) is 52.2. The van der Waals surface area contributed by atoms with E-state index in [0.717, 1.165) is 38.2 Å². The summed E-state index contributed by atoms with van der Waals surface area (Å²) in [7, 11) is -1.64. The van der Waals surface area contributed by atoms with Crippen LogP contribution in [0.15, 0.2) is 104 Å². The Hall–Kier alpha value is -6.91. The minimum atomic E-state index is -0.819. The van der Waals surface area contributed by atoms with Gasteiger partial charge in [-0.15, -0.1) is 12.4 Å². The fourth-order valence-electron chi connectivity index (χ4n) is 8.26. The van der Waals surface area contributed by atoms with Crippen molar-refractivity contribution in [3.63, 3.8) is 0 Å². The van der Waals surface area contributed by atoms with Crippen molar-refractivity contribution in [1.29, 1.82) is 0 Å². The third-order valence-electron chi connectivity index (χ3n) is 12.8. The zero-order valence-electron chi connectivity index (χ0n) is 49.3. The van der Waals surface area contributed by atoms with Crippen LogP contribution in [0.1, 0.15) is 93.1 Å². The SMILES string of the molecule is CCOCC[Si](C)(C)C.CCOCC[Si](C)(C)C.Cl.N[C@H]1CCc2c(C(=O)Nc3ccc(F)c(Cl)c3)ccc(F)c21.O=C(N[C@H]1CCc2c(C(=O)Nc3ccc(F)c(Cl)c3)ccc(F)c21)OCc1ccn[nH]1.O=C(OCc1ccn[nH]1)n1ccnc1. The van der Waals surface area contributed by atoms with Crippen molar-refractivity contribution < 1.29 is 55.7 Å². The highest BCUT2D eigenvalue weighted by atomic mass is 35.5. The van der Waals surface area contributed by atoms with E-state index in [1.54, 1.807) is 18.3 Å². The van der Waals surface area contributed by atoms with Crippen molar-refractivity contribution in [2.75, 3.05) is 37.1 Å². The third kappa shape index (κ3) is 23.4. The number of hydrogen-bond donors (Lipinski definition) is 6. The first kappa shape index (κ1) is 71.6. The highest BCUT2D eigenvalue weighted by molar-refractivity contribution is 6.76. The average Bonchev–Trinajstić information content (AvgIpc) is 2.39. The number of nitrogens with zero attached hydrogens (tertiary/aromatic N) is 4. The Labute approximate surface area is 516 Å². The van der Waals surface area contributed by atoms with Gasteiger partial charge in [0.2, 0.25) is 0 Å². The van der Waals surface area contributed by atoms with Crippen LogP contribution in [0.25, 0.3) is 0 Å². The third-order valence-corrected chi connectivity index (χ3v) is 16.8. The van der Waals surface area contributed by atoms with E-state index >= 15 is 0 Å². The number of imidazole rings is 1. The number of benzene rings is 4. The second-order valence-corrected chi connectivity index (χ2v) is 33.9. The standard InChI is InChI=1S/C21H17ClF2N4O3.C16H13ClF2N2O.C8H8N4O2.2C7H18OSi.ClH/c22-15-9-11(1-4-16(15)23)26-20(29)14-2-5-17(24)19-13(14)3-6-18(19)27-21(30)31-10-12-7-8-25-28-12;17-11-7-8(1-4-12(11)18)21-16(22)10-2-5-13(19)15-9(10)3-6-14(15)20;13-8(12-4-3-9-6-12)14-5-7-1-2-10-11-7;2*1-5-8-6-7-9(2,3)4;/h1-2,4-5,7-9,18H,3,6,10H2,(H,25,28)(H,26,29)(H,27,30);1-2,4-5,7,14H,3,6,20H2,(H,21,22);1-4,6H,5H2,(H,10,11);2*5-7H2,1-4H3;1H/t18-;14-;;;;/m00..../s1. The molecular weight excluding hydrogens is 1220 g/mol. The van der Waals surface area contributed by atoms with Crippen molar-refractivity contribution in [3.8, 4) is 0 Å². The highest BCUT2D eigenvalue weighted by Gasteiger charge is 2.32. The lowest BCUT2D eigenvalue weighted by Gasteiger charge is -2.16. The molecule has 0 fully saturated rings. The highest BCUT2D eigenvalue weighted by Crippen LogP contribution is 2.37. The van der Waals surface area contributed by atoms with E-state index in [2.05, 4.69) is 80.6 Å². The van der Waals surface area contributed by atoms with Crippen LogP contribution >= 0.6 is 35.6 Å². The maximum atomic E-state index is 14.6. The van der Waals surface area contributed by atoms with E-state index in [4.69, 9.17) is 47.9 Å². The maximum Gasteiger partial charge on any atom is 0.419 e. The van der Waals surface area contributed by atoms with Gasteiger partial charge in [-0.25, -0.2) is 36.7 Å². The van der Waals surface area contributed by atoms with E-state index in [-0.39, 0.29) is 58.7 Å². The average molecular weight is 1290 g/mol. The molecule has 7 N–H and O–H groups in total. The molecule has 0 bridgehead atoms. The van der Waals surface area contributed by atoms with Gasteiger partial charge >= 0.3 is 12.2 Å². The van der Waals surface area contributed by atoms with Gasteiger partial charge in [-0.3, -0.25) is 19.8 Å². The second-order valence-electron chi connectivity index (χ2n) is 21.8. The van der Waals surface area contributed by atoms with Crippen LogP contribution in [0.4, 0.5) is 38.5 Å². The van der Waals surface area contributed by atoms with Crippen LogP contribution < -0.4 is 21.7 Å². The lowest BCUT2D eigenvalue weighted by atomic mass is 10.0. The van der Waals surface area contributed by atoms with E-state index in [9.17, 15) is 36.7 Å². The number of fused-ring (bicyclic) bond motifs is 2. The molecule has 7 aromatic rings. The smallest absolute Gasteiger partial charge is 0.419 e. The van der Waals surface area contributed by atoms with E-state index in [1.807, 2.05) is 13.8 Å². The van der Waals surface area contributed by atoms with Crippen LogP contribution in [-0.2, 0) is 45.0 Å². The number of H-pyrrole nitrogens is 2. The molecule has 4 aromatic carbocycles. The first-order valence-electron chi connectivity index (χ1n) is 27.5. The van der Waals surface area contributed by atoms with Gasteiger partial charge in [-0.05, 0) is 136 Å². The summed E-state index contributed by atoms with van der Waals surface area (Å²) in [5.74, 6) is -2.95. The Kier molecular flexibility index (Phi) is 29.2. The summed E-state index contributed by atoms with van der Waals surface area (Å²) >= 11 is 11.4. The molecule has 86 heavy (non-hydrogen) atoms. The molecule has 3 amide bonds. The molecule has 0 saturated carbocycles. The van der Waals surface area contributed by atoms with Crippen LogP contribution in [0, 0.1) is 23.3 Å². The lowest BCUT2D eigenvalue weighted by Crippen LogP contribution is -2.28. The van der Waals surface area contributed by atoms with Crippen molar-refractivity contribution in [2.45, 2.75) is 116 Å². The maximum absolute atomic E-state index is 14.6. The van der Waals surface area contributed by atoms with Crippen LogP contribution in [-0.4, -0.2) is 96.5 Å². The number of alkyl carbamates (subject to hydrolysis) is 1. The number of hydrogen-bond acceptors (Lipinski definition) is 12. The molecular formula is C59H75Cl3F4N10O8Si2. The van der Waals surface area contributed by atoms with Gasteiger partial charge in [-0.2, -0.15) is 10.2 Å². The van der Waals surface area contributed by atoms with Gasteiger partial charge in [-0.1, -0.05) is 62.5 Å².